The Bertz CT molecular complexity index is 625. The number of hydrogen-bond acceptors (Lipinski definition) is 1. The summed E-state index contributed by atoms with van der Waals surface area (Å²) >= 11 is 9.09. The van der Waals surface area contributed by atoms with Crippen molar-refractivity contribution in [3.63, 3.8) is 0 Å². The van der Waals surface area contributed by atoms with Gasteiger partial charge in [-0.15, -0.1) is 0 Å². The van der Waals surface area contributed by atoms with E-state index < -0.39 is 22.3 Å². The molecule has 0 fully saturated rings. The minimum absolute atomic E-state index is 0.299. The van der Waals surface area contributed by atoms with Gasteiger partial charge in [0.15, 0.2) is 0 Å². The van der Waals surface area contributed by atoms with E-state index in [9.17, 15) is 13.2 Å². The van der Waals surface area contributed by atoms with E-state index >= 15 is 0 Å². The van der Waals surface area contributed by atoms with E-state index in [-0.39, 0.29) is 5.56 Å². The third-order valence-corrected chi connectivity index (χ3v) is 3.95. The normalized spacial score (nSPS) is 12.3. The molecule has 2 aromatic rings. The highest BCUT2D eigenvalue weighted by atomic mass is 79.9. The molecular weight excluding hydrogens is 357 g/mol. The first-order valence-electron chi connectivity index (χ1n) is 5.56. The number of rotatable bonds is 3. The summed E-state index contributed by atoms with van der Waals surface area (Å²) < 4.78 is 45.7. The molecule has 1 atom stereocenters. The second-order valence-corrected chi connectivity index (χ2v) is 5.38. The Morgan fingerprint density at radius 2 is 1.70 bits per heavy atom. The second-order valence-electron chi connectivity index (χ2n) is 4.03. The van der Waals surface area contributed by atoms with Crippen LogP contribution in [0.4, 0.5) is 13.2 Å². The Morgan fingerprint density at radius 3 is 2.25 bits per heavy atom. The fourth-order valence-electron chi connectivity index (χ4n) is 1.85. The third kappa shape index (κ3) is 2.94. The van der Waals surface area contributed by atoms with E-state index in [2.05, 4.69) is 15.9 Å². The minimum Gasteiger partial charge on any atom is -0.496 e. The summed E-state index contributed by atoms with van der Waals surface area (Å²) in [5.74, 6) is -2.52. The van der Waals surface area contributed by atoms with Gasteiger partial charge in [-0.05, 0) is 18.2 Å². The van der Waals surface area contributed by atoms with Crippen molar-refractivity contribution < 1.29 is 17.9 Å². The zero-order valence-electron chi connectivity index (χ0n) is 10.3. The molecule has 0 aliphatic carbocycles. The molecule has 0 spiro atoms. The summed E-state index contributed by atoms with van der Waals surface area (Å²) in [5.41, 5.74) is 0.149. The highest BCUT2D eigenvalue weighted by molar-refractivity contribution is 9.09. The predicted molar refractivity (Wildman–Crippen MR) is 75.1 cm³/mol. The van der Waals surface area contributed by atoms with Crippen LogP contribution >= 0.6 is 27.5 Å². The first-order valence-corrected chi connectivity index (χ1v) is 6.85. The van der Waals surface area contributed by atoms with Crippen LogP contribution in [-0.2, 0) is 0 Å². The lowest BCUT2D eigenvalue weighted by atomic mass is 10.0. The molecule has 106 valence electrons. The monoisotopic (exact) mass is 364 g/mol. The van der Waals surface area contributed by atoms with Crippen LogP contribution in [-0.4, -0.2) is 7.11 Å². The van der Waals surface area contributed by atoms with Crippen molar-refractivity contribution in [3.8, 4) is 5.75 Å². The number of halogens is 5. The molecule has 0 bridgehead atoms. The highest BCUT2D eigenvalue weighted by Crippen LogP contribution is 2.40. The fraction of sp³-hybridized carbons (Fsp3) is 0.143. The molecule has 0 amide bonds. The van der Waals surface area contributed by atoms with Crippen LogP contribution in [0.25, 0.3) is 0 Å². The fourth-order valence-corrected chi connectivity index (χ4v) is 2.83. The third-order valence-electron chi connectivity index (χ3n) is 2.76. The van der Waals surface area contributed by atoms with E-state index in [1.54, 1.807) is 12.1 Å². The van der Waals surface area contributed by atoms with Gasteiger partial charge in [0.2, 0.25) is 0 Å². The molecule has 0 N–H and O–H groups in total. The molecule has 0 aliphatic rings. The maximum Gasteiger partial charge on any atom is 0.133 e. The van der Waals surface area contributed by atoms with Gasteiger partial charge in [0.1, 0.15) is 23.2 Å². The van der Waals surface area contributed by atoms with Gasteiger partial charge in [-0.2, -0.15) is 0 Å². The average Bonchev–Trinajstić information content (AvgIpc) is 2.37. The van der Waals surface area contributed by atoms with Crippen molar-refractivity contribution in [2.24, 2.45) is 0 Å². The summed E-state index contributed by atoms with van der Waals surface area (Å²) in [4.78, 5) is -0.850. The molecule has 0 radical (unpaired) electrons. The molecule has 1 nitrogen and oxygen atoms in total. The molecule has 1 unspecified atom stereocenters. The van der Waals surface area contributed by atoms with E-state index in [0.717, 1.165) is 0 Å². The quantitative estimate of drug-likeness (QED) is 0.675. The molecule has 0 saturated carbocycles. The van der Waals surface area contributed by atoms with Crippen LogP contribution < -0.4 is 4.74 Å². The Balaban J connectivity index is 2.57. The van der Waals surface area contributed by atoms with Crippen LogP contribution in [0.2, 0.25) is 5.02 Å². The van der Waals surface area contributed by atoms with Crippen LogP contribution in [0.1, 0.15) is 16.0 Å². The number of benzene rings is 2. The number of hydrogen-bond donors (Lipinski definition) is 0. The van der Waals surface area contributed by atoms with Crippen molar-refractivity contribution in [1.82, 2.24) is 0 Å². The zero-order chi connectivity index (χ0) is 14.9. The predicted octanol–water partition coefficient (Wildman–Crippen LogP) is 5.25. The lowest BCUT2D eigenvalue weighted by molar-refractivity contribution is 0.410. The van der Waals surface area contributed by atoms with Crippen LogP contribution in [0.5, 0.6) is 5.75 Å². The summed E-state index contributed by atoms with van der Waals surface area (Å²) in [6.45, 7) is 0. The maximum atomic E-state index is 13.8. The Labute approximate surface area is 127 Å². The first kappa shape index (κ1) is 15.2. The van der Waals surface area contributed by atoms with Crippen LogP contribution in [0.15, 0.2) is 30.3 Å². The summed E-state index contributed by atoms with van der Waals surface area (Å²) in [5, 5.41) is 0.396. The van der Waals surface area contributed by atoms with Crippen molar-refractivity contribution >= 4 is 27.5 Å². The van der Waals surface area contributed by atoms with Crippen molar-refractivity contribution in [2.75, 3.05) is 7.11 Å². The van der Waals surface area contributed by atoms with Gasteiger partial charge in [0, 0.05) is 28.3 Å². The van der Waals surface area contributed by atoms with Crippen LogP contribution in [0, 0.1) is 17.5 Å². The number of ether oxygens (including phenoxy) is 1. The molecule has 0 aromatic heterocycles. The molecule has 20 heavy (non-hydrogen) atoms. The van der Waals surface area contributed by atoms with Gasteiger partial charge >= 0.3 is 0 Å². The van der Waals surface area contributed by atoms with Gasteiger partial charge in [0.05, 0.1) is 11.9 Å². The molecule has 0 aliphatic heterocycles. The maximum absolute atomic E-state index is 13.8. The van der Waals surface area contributed by atoms with E-state index in [1.807, 2.05) is 0 Å². The molecule has 0 heterocycles. The van der Waals surface area contributed by atoms with E-state index in [0.29, 0.717) is 28.5 Å². The van der Waals surface area contributed by atoms with Gasteiger partial charge in [0.25, 0.3) is 0 Å². The molecule has 0 saturated heterocycles. The highest BCUT2D eigenvalue weighted by Gasteiger charge is 2.23. The number of alkyl halides is 1. The lowest BCUT2D eigenvalue weighted by Crippen LogP contribution is -2.03. The topological polar surface area (TPSA) is 9.23 Å². The summed E-state index contributed by atoms with van der Waals surface area (Å²) in [6.07, 6.45) is 0. The standard InChI is InChI=1S/C14H9BrClF3O/c1-20-12-3-2-7(16)4-9(12)14(15)13-10(18)5-8(17)6-11(13)19/h2-6,14H,1H3. The second kappa shape index (κ2) is 6.06. The largest absolute Gasteiger partial charge is 0.496 e. The minimum atomic E-state index is -0.980. The van der Waals surface area contributed by atoms with Gasteiger partial charge < -0.3 is 4.74 Å². The molecule has 2 rings (SSSR count). The first-order chi connectivity index (χ1) is 9.43. The average molecular weight is 366 g/mol. The SMILES string of the molecule is COc1ccc(Cl)cc1C(Br)c1c(F)cc(F)cc1F. The van der Waals surface area contributed by atoms with Crippen LogP contribution in [0.3, 0.4) is 0 Å². The Hall–Kier alpha value is -1.20. The van der Waals surface area contributed by atoms with Crippen molar-refractivity contribution in [2.45, 2.75) is 4.83 Å². The van der Waals surface area contributed by atoms with Gasteiger partial charge in [-0.25, -0.2) is 13.2 Å². The van der Waals surface area contributed by atoms with Gasteiger partial charge in [-0.3, -0.25) is 0 Å². The Kier molecular flexibility index (Phi) is 4.60. The number of methoxy groups -OCH3 is 1. The molecular formula is C14H9BrClF3O. The van der Waals surface area contributed by atoms with Crippen molar-refractivity contribution in [1.29, 1.82) is 0 Å². The zero-order valence-corrected chi connectivity index (χ0v) is 12.6. The van der Waals surface area contributed by atoms with Gasteiger partial charge in [-0.1, -0.05) is 27.5 Å². The molecule has 2 aromatic carbocycles. The Morgan fingerprint density at radius 1 is 1.10 bits per heavy atom. The van der Waals surface area contributed by atoms with E-state index in [4.69, 9.17) is 16.3 Å². The lowest BCUT2D eigenvalue weighted by Gasteiger charge is -2.16. The van der Waals surface area contributed by atoms with E-state index in [1.165, 1.54) is 13.2 Å². The summed E-state index contributed by atoms with van der Waals surface area (Å²) in [6, 6.07) is 5.97. The van der Waals surface area contributed by atoms with Crippen molar-refractivity contribution in [3.05, 3.63) is 63.9 Å². The summed E-state index contributed by atoms with van der Waals surface area (Å²) in [7, 11) is 1.43. The smallest absolute Gasteiger partial charge is 0.133 e. The molecule has 6 heteroatoms.